The van der Waals surface area contributed by atoms with Gasteiger partial charge in [0.15, 0.2) is 0 Å². The Balaban J connectivity index is 1.27. The van der Waals surface area contributed by atoms with Gasteiger partial charge in [-0.3, -0.25) is 4.90 Å². The molecule has 4 aliphatic rings. The predicted molar refractivity (Wildman–Crippen MR) is 196 cm³/mol. The van der Waals surface area contributed by atoms with Crippen LogP contribution < -0.4 is 10.7 Å². The van der Waals surface area contributed by atoms with E-state index in [1.165, 1.54) is 51.4 Å². The number of allylic oxidation sites excluding steroid dienone is 1. The van der Waals surface area contributed by atoms with Gasteiger partial charge >= 0.3 is 6.09 Å². The Kier molecular flexibility index (Phi) is 14.5. The summed E-state index contributed by atoms with van der Waals surface area (Å²) in [6.45, 7) is 24.5. The van der Waals surface area contributed by atoms with Gasteiger partial charge in [-0.05, 0) is 98.2 Å². The number of hydrogen-bond donors (Lipinski definition) is 2. The van der Waals surface area contributed by atoms with Gasteiger partial charge in [-0.1, -0.05) is 79.9 Å². The number of nitrogens with one attached hydrogen (secondary N) is 2. The first-order valence-electron chi connectivity index (χ1n) is 19.6. The summed E-state index contributed by atoms with van der Waals surface area (Å²) in [6, 6.07) is -0.0655. The Morgan fingerprint density at radius 3 is 2.47 bits per heavy atom. The van der Waals surface area contributed by atoms with Crippen LogP contribution in [0, 0.1) is 52.3 Å². The molecule has 1 saturated heterocycles. The Hall–Kier alpha value is -1.60. The zero-order valence-corrected chi connectivity index (χ0v) is 31.6. The minimum Gasteiger partial charge on any atom is -0.446 e. The number of alkyl carbamates (subject to hydrolysis) is 1. The molecule has 3 aliphatic carbocycles. The molecule has 0 radical (unpaired) electrons. The molecule has 0 bridgehead atoms. The average molecular weight is 657 g/mol. The molecular formula is C40H72N4O3. The van der Waals surface area contributed by atoms with Gasteiger partial charge in [0.25, 0.3) is 0 Å². The zero-order valence-electron chi connectivity index (χ0n) is 31.6. The summed E-state index contributed by atoms with van der Waals surface area (Å²) in [4.78, 5) is 15.4. The molecule has 7 nitrogen and oxygen atoms in total. The van der Waals surface area contributed by atoms with Gasteiger partial charge in [0, 0.05) is 50.8 Å². The lowest BCUT2D eigenvalue weighted by Crippen LogP contribution is -2.47. The maximum atomic E-state index is 13.0. The number of nitrogens with zero attached hydrogens (tertiary/aromatic N) is 2. The molecule has 7 heteroatoms. The number of fused-ring (bicyclic) bond motifs is 3. The normalized spacial score (nSPS) is 34.2. The molecule has 0 aromatic heterocycles. The summed E-state index contributed by atoms with van der Waals surface area (Å²) in [6.07, 6.45) is 20.0. The monoisotopic (exact) mass is 657 g/mol. The molecule has 4 rings (SSSR count). The number of amides is 1. The van der Waals surface area contributed by atoms with E-state index in [-0.39, 0.29) is 29.6 Å². The number of hydrazone groups is 1. The van der Waals surface area contributed by atoms with E-state index in [0.29, 0.717) is 5.41 Å². The van der Waals surface area contributed by atoms with Crippen molar-refractivity contribution in [1.82, 2.24) is 15.6 Å². The molecule has 0 aromatic rings. The van der Waals surface area contributed by atoms with Crippen LogP contribution in [-0.4, -0.2) is 68.7 Å². The third-order valence-electron chi connectivity index (χ3n) is 13.2. The summed E-state index contributed by atoms with van der Waals surface area (Å²) in [5.74, 6) is 4.97. The van der Waals surface area contributed by atoms with Crippen LogP contribution in [0.4, 0.5) is 4.79 Å². The van der Waals surface area contributed by atoms with E-state index in [1.807, 2.05) is 13.1 Å². The van der Waals surface area contributed by atoms with Gasteiger partial charge in [-0.2, -0.15) is 5.10 Å². The highest BCUT2D eigenvalue weighted by Crippen LogP contribution is 2.64. The SMILES string of the molecule is CC(C)CCCC(C)C1CCC2C3C/C=C/CC(OC(=O)NC(C)C(C)/C=N/NCCN4CCOCC4)CCC(C)(C)C3CCC12C. The number of carbonyl (C=O) groups is 1. The summed E-state index contributed by atoms with van der Waals surface area (Å²) in [7, 11) is 0. The quantitative estimate of drug-likeness (QED) is 0.0898. The first kappa shape index (κ1) is 38.2. The van der Waals surface area contributed by atoms with Crippen molar-refractivity contribution >= 4 is 12.3 Å². The molecule has 270 valence electrons. The Morgan fingerprint density at radius 2 is 1.72 bits per heavy atom. The first-order valence-corrected chi connectivity index (χ1v) is 19.6. The highest BCUT2D eigenvalue weighted by atomic mass is 16.6. The van der Waals surface area contributed by atoms with E-state index in [1.54, 1.807) is 0 Å². The third kappa shape index (κ3) is 10.7. The smallest absolute Gasteiger partial charge is 0.407 e. The molecule has 1 heterocycles. The number of carbonyl (C=O) groups excluding carboxylic acids is 1. The van der Waals surface area contributed by atoms with Crippen LogP contribution in [0.1, 0.15) is 126 Å². The van der Waals surface area contributed by atoms with Crippen molar-refractivity contribution in [3.8, 4) is 0 Å². The fourth-order valence-corrected chi connectivity index (χ4v) is 9.96. The molecule has 2 N–H and O–H groups in total. The molecule has 2 saturated carbocycles. The van der Waals surface area contributed by atoms with Crippen LogP contribution in [0.3, 0.4) is 0 Å². The molecular weight excluding hydrogens is 584 g/mol. The summed E-state index contributed by atoms with van der Waals surface area (Å²) in [5.41, 5.74) is 3.89. The van der Waals surface area contributed by atoms with Gasteiger partial charge in [-0.15, -0.1) is 0 Å². The second-order valence-corrected chi connectivity index (χ2v) is 17.3. The van der Waals surface area contributed by atoms with Gasteiger partial charge in [0.2, 0.25) is 0 Å². The van der Waals surface area contributed by atoms with E-state index >= 15 is 0 Å². The van der Waals surface area contributed by atoms with Crippen LogP contribution in [-0.2, 0) is 9.47 Å². The maximum Gasteiger partial charge on any atom is 0.407 e. The highest BCUT2D eigenvalue weighted by Gasteiger charge is 2.56. The average Bonchev–Trinajstić information content (AvgIpc) is 3.38. The Labute approximate surface area is 288 Å². The van der Waals surface area contributed by atoms with E-state index in [0.717, 1.165) is 94.2 Å². The van der Waals surface area contributed by atoms with Crippen LogP contribution in [0.25, 0.3) is 0 Å². The topological polar surface area (TPSA) is 75.2 Å². The molecule has 9 atom stereocenters. The standard InChI is InChI=1S/C40H72N4O3/c1-29(2)12-11-13-30(3)35-16-17-37-34-15-10-9-14-33(18-20-39(6,7)36(34)19-21-40(35,37)8)47-38(45)43-32(5)31(4)28-42-41-22-23-44-24-26-46-27-25-44/h9-10,28-37,41H,11-27H2,1-8H3,(H,43,45)/b10-9+,42-28+. The molecule has 3 fully saturated rings. The van der Waals surface area contributed by atoms with E-state index in [9.17, 15) is 4.79 Å². The van der Waals surface area contributed by atoms with E-state index < -0.39 is 0 Å². The number of rotatable bonds is 13. The van der Waals surface area contributed by atoms with E-state index in [2.05, 4.69) is 81.4 Å². The number of hydrogen-bond acceptors (Lipinski definition) is 6. The van der Waals surface area contributed by atoms with Gasteiger partial charge in [-0.25, -0.2) is 4.79 Å². The summed E-state index contributed by atoms with van der Waals surface area (Å²) >= 11 is 0. The molecule has 1 amide bonds. The largest absolute Gasteiger partial charge is 0.446 e. The fourth-order valence-electron chi connectivity index (χ4n) is 9.96. The van der Waals surface area contributed by atoms with Crippen LogP contribution in [0.2, 0.25) is 0 Å². The van der Waals surface area contributed by atoms with Crippen LogP contribution in [0.5, 0.6) is 0 Å². The van der Waals surface area contributed by atoms with Crippen molar-refractivity contribution < 1.29 is 14.3 Å². The summed E-state index contributed by atoms with van der Waals surface area (Å²) < 4.78 is 11.5. The van der Waals surface area contributed by atoms with Crippen LogP contribution in [0.15, 0.2) is 17.3 Å². The minimum absolute atomic E-state index is 0.0655. The fraction of sp³-hybridized carbons (Fsp3) is 0.900. The minimum atomic E-state index is -0.308. The number of ether oxygens (including phenoxy) is 2. The van der Waals surface area contributed by atoms with Crippen molar-refractivity contribution in [2.75, 3.05) is 39.4 Å². The lowest BCUT2D eigenvalue weighted by molar-refractivity contribution is -0.0486. The molecule has 9 unspecified atom stereocenters. The summed E-state index contributed by atoms with van der Waals surface area (Å²) in [5, 5.41) is 7.49. The zero-order chi connectivity index (χ0) is 34.0. The molecule has 0 spiro atoms. The Bertz CT molecular complexity index is 1010. The predicted octanol–water partition coefficient (Wildman–Crippen LogP) is 8.69. The van der Waals surface area contributed by atoms with E-state index in [4.69, 9.17) is 9.47 Å². The second-order valence-electron chi connectivity index (χ2n) is 17.3. The van der Waals surface area contributed by atoms with Gasteiger partial charge in [0.05, 0.1) is 13.2 Å². The lowest BCUT2D eigenvalue weighted by Gasteiger charge is -2.54. The van der Waals surface area contributed by atoms with Gasteiger partial charge < -0.3 is 20.2 Å². The molecule has 47 heavy (non-hydrogen) atoms. The second kappa shape index (κ2) is 17.9. The van der Waals surface area contributed by atoms with Crippen molar-refractivity contribution in [2.45, 2.75) is 138 Å². The maximum absolute atomic E-state index is 13.0. The number of morpholine rings is 1. The van der Waals surface area contributed by atoms with Crippen molar-refractivity contribution in [1.29, 1.82) is 0 Å². The van der Waals surface area contributed by atoms with Gasteiger partial charge in [0.1, 0.15) is 6.10 Å². The lowest BCUT2D eigenvalue weighted by atomic mass is 9.51. The molecule has 0 aromatic carbocycles. The van der Waals surface area contributed by atoms with Crippen molar-refractivity contribution in [3.63, 3.8) is 0 Å². The van der Waals surface area contributed by atoms with Crippen LogP contribution >= 0.6 is 0 Å². The Morgan fingerprint density at radius 1 is 0.979 bits per heavy atom. The third-order valence-corrected chi connectivity index (χ3v) is 13.2. The first-order chi connectivity index (χ1) is 22.4. The van der Waals surface area contributed by atoms with Crippen molar-refractivity contribution in [3.05, 3.63) is 12.2 Å². The van der Waals surface area contributed by atoms with Crippen molar-refractivity contribution in [2.24, 2.45) is 57.4 Å². The molecule has 1 aliphatic heterocycles. The highest BCUT2D eigenvalue weighted by molar-refractivity contribution is 5.69.